The summed E-state index contributed by atoms with van der Waals surface area (Å²) >= 11 is 0. The molecule has 0 bridgehead atoms. The highest BCUT2D eigenvalue weighted by atomic mass is 15.0. The van der Waals surface area contributed by atoms with Gasteiger partial charge in [0.05, 0.1) is 0 Å². The summed E-state index contributed by atoms with van der Waals surface area (Å²) < 4.78 is 0. The fourth-order valence-corrected chi connectivity index (χ4v) is 2.63. The van der Waals surface area contributed by atoms with Crippen LogP contribution in [0.4, 0.5) is 0 Å². The van der Waals surface area contributed by atoms with E-state index in [1.54, 1.807) is 11.1 Å². The van der Waals surface area contributed by atoms with E-state index >= 15 is 0 Å². The summed E-state index contributed by atoms with van der Waals surface area (Å²) in [6.45, 7) is 0. The number of hydrogen-bond acceptors (Lipinski definition) is 1. The molecule has 2 aliphatic rings. The van der Waals surface area contributed by atoms with Crippen molar-refractivity contribution >= 4 is 0 Å². The zero-order chi connectivity index (χ0) is 10.1. The summed E-state index contributed by atoms with van der Waals surface area (Å²) in [6, 6.07) is 10.4. The molecule has 1 N–H and O–H groups in total. The topological polar surface area (TPSA) is 12.0 Å². The summed E-state index contributed by atoms with van der Waals surface area (Å²) in [4.78, 5) is 0. The summed E-state index contributed by atoms with van der Waals surface area (Å²) in [5, 5.41) is 3.79. The van der Waals surface area contributed by atoms with E-state index in [0.29, 0.717) is 6.04 Å². The van der Waals surface area contributed by atoms with Crippen molar-refractivity contribution in [2.45, 2.75) is 50.6 Å². The van der Waals surface area contributed by atoms with Crippen LogP contribution in [-0.2, 0) is 6.42 Å². The molecule has 1 nitrogen and oxygen atoms in total. The molecule has 1 atom stereocenters. The van der Waals surface area contributed by atoms with Crippen LogP contribution in [0.1, 0.15) is 49.3 Å². The highest BCUT2D eigenvalue weighted by Gasteiger charge is 2.26. The predicted molar refractivity (Wildman–Crippen MR) is 62.9 cm³/mol. The molecule has 1 fully saturated rings. The van der Waals surface area contributed by atoms with E-state index in [4.69, 9.17) is 0 Å². The van der Waals surface area contributed by atoms with E-state index in [2.05, 4.69) is 29.6 Å². The molecule has 3 rings (SSSR count). The molecule has 1 saturated carbocycles. The van der Waals surface area contributed by atoms with Crippen LogP contribution < -0.4 is 5.32 Å². The van der Waals surface area contributed by atoms with Crippen molar-refractivity contribution in [1.29, 1.82) is 0 Å². The molecular formula is C14H19N. The zero-order valence-electron chi connectivity index (χ0n) is 9.21. The number of nitrogens with one attached hydrogen (secondary N) is 1. The molecular weight excluding hydrogens is 182 g/mol. The number of hydrogen-bond donors (Lipinski definition) is 1. The molecule has 0 spiro atoms. The smallest absolute Gasteiger partial charge is 0.0325 e. The minimum Gasteiger partial charge on any atom is -0.307 e. The predicted octanol–water partition coefficient (Wildman–Crippen LogP) is 3.21. The first-order chi connectivity index (χ1) is 7.43. The van der Waals surface area contributed by atoms with Crippen LogP contribution in [0.25, 0.3) is 0 Å². The molecule has 0 amide bonds. The van der Waals surface area contributed by atoms with Gasteiger partial charge in [-0.05, 0) is 43.2 Å². The fourth-order valence-electron chi connectivity index (χ4n) is 2.63. The highest BCUT2D eigenvalue weighted by Crippen LogP contribution is 2.32. The number of aryl methyl sites for hydroxylation is 1. The molecule has 80 valence electrons. The van der Waals surface area contributed by atoms with Crippen molar-refractivity contribution < 1.29 is 0 Å². The monoisotopic (exact) mass is 201 g/mol. The molecule has 2 aliphatic carbocycles. The molecule has 1 heteroatoms. The lowest BCUT2D eigenvalue weighted by molar-refractivity contribution is 0.487. The van der Waals surface area contributed by atoms with Crippen LogP contribution in [0, 0.1) is 0 Å². The average molecular weight is 201 g/mol. The van der Waals surface area contributed by atoms with Crippen molar-refractivity contribution in [3.05, 3.63) is 35.4 Å². The van der Waals surface area contributed by atoms with E-state index in [-0.39, 0.29) is 0 Å². The first-order valence-electron chi connectivity index (χ1n) is 6.27. The van der Waals surface area contributed by atoms with Gasteiger partial charge >= 0.3 is 0 Å². The van der Waals surface area contributed by atoms with Gasteiger partial charge in [0.2, 0.25) is 0 Å². The Hall–Kier alpha value is -0.820. The van der Waals surface area contributed by atoms with Crippen molar-refractivity contribution in [2.24, 2.45) is 0 Å². The second kappa shape index (κ2) is 3.97. The van der Waals surface area contributed by atoms with Gasteiger partial charge in [-0.3, -0.25) is 0 Å². The quantitative estimate of drug-likeness (QED) is 0.724. The SMILES string of the molecule is c1ccc2c(c1)CCCC[C@H]2NC1CC1. The Bertz CT molecular complexity index is 341. The molecule has 0 aliphatic heterocycles. The molecule has 0 radical (unpaired) electrons. The van der Waals surface area contributed by atoms with Gasteiger partial charge in [-0.15, -0.1) is 0 Å². The second-order valence-electron chi connectivity index (χ2n) is 4.94. The normalized spacial score (nSPS) is 25.7. The standard InChI is InChI=1S/C14H19N/c1-3-7-13-11(5-1)6-2-4-8-14(13)15-12-9-10-12/h1,3,5,7,12,14-15H,2,4,6,8-10H2/t14-/m1/s1. The Morgan fingerprint density at radius 1 is 1.00 bits per heavy atom. The lowest BCUT2D eigenvalue weighted by Gasteiger charge is -2.19. The zero-order valence-corrected chi connectivity index (χ0v) is 9.21. The van der Waals surface area contributed by atoms with Gasteiger partial charge in [-0.1, -0.05) is 30.7 Å². The Balaban J connectivity index is 1.86. The van der Waals surface area contributed by atoms with Crippen LogP contribution in [0.2, 0.25) is 0 Å². The van der Waals surface area contributed by atoms with Crippen LogP contribution in [0.3, 0.4) is 0 Å². The van der Waals surface area contributed by atoms with Gasteiger partial charge in [0.15, 0.2) is 0 Å². The molecule has 1 aromatic rings. The molecule has 15 heavy (non-hydrogen) atoms. The highest BCUT2D eigenvalue weighted by molar-refractivity contribution is 5.31. The van der Waals surface area contributed by atoms with E-state index in [9.17, 15) is 0 Å². The largest absolute Gasteiger partial charge is 0.307 e. The molecule has 1 aromatic carbocycles. The van der Waals surface area contributed by atoms with Crippen LogP contribution in [0.5, 0.6) is 0 Å². The Morgan fingerprint density at radius 2 is 1.87 bits per heavy atom. The van der Waals surface area contributed by atoms with Crippen molar-refractivity contribution in [1.82, 2.24) is 5.32 Å². The van der Waals surface area contributed by atoms with Gasteiger partial charge < -0.3 is 5.32 Å². The van der Waals surface area contributed by atoms with Crippen LogP contribution in [-0.4, -0.2) is 6.04 Å². The van der Waals surface area contributed by atoms with E-state index in [1.807, 2.05) is 0 Å². The number of benzene rings is 1. The second-order valence-corrected chi connectivity index (χ2v) is 4.94. The summed E-state index contributed by atoms with van der Waals surface area (Å²) in [5.41, 5.74) is 3.15. The van der Waals surface area contributed by atoms with Gasteiger partial charge in [0, 0.05) is 12.1 Å². The maximum atomic E-state index is 3.79. The molecule has 0 unspecified atom stereocenters. The molecule has 0 aromatic heterocycles. The third-order valence-electron chi connectivity index (χ3n) is 3.63. The third kappa shape index (κ3) is 2.07. The van der Waals surface area contributed by atoms with Gasteiger partial charge in [0.25, 0.3) is 0 Å². The lowest BCUT2D eigenvalue weighted by Crippen LogP contribution is -2.23. The Labute approximate surface area is 91.9 Å². The van der Waals surface area contributed by atoms with Crippen molar-refractivity contribution in [3.8, 4) is 0 Å². The summed E-state index contributed by atoms with van der Waals surface area (Å²) in [5.74, 6) is 0. The first kappa shape index (κ1) is 9.41. The van der Waals surface area contributed by atoms with Crippen molar-refractivity contribution in [3.63, 3.8) is 0 Å². The summed E-state index contributed by atoms with van der Waals surface area (Å²) in [7, 11) is 0. The maximum Gasteiger partial charge on any atom is 0.0325 e. The van der Waals surface area contributed by atoms with E-state index in [0.717, 1.165) is 6.04 Å². The minimum absolute atomic E-state index is 0.635. The third-order valence-corrected chi connectivity index (χ3v) is 3.63. The Morgan fingerprint density at radius 3 is 2.73 bits per heavy atom. The number of rotatable bonds is 2. The molecule has 0 heterocycles. The maximum absolute atomic E-state index is 3.79. The lowest BCUT2D eigenvalue weighted by atomic mass is 9.99. The molecule has 0 saturated heterocycles. The number of fused-ring (bicyclic) bond motifs is 1. The van der Waals surface area contributed by atoms with Gasteiger partial charge in [-0.2, -0.15) is 0 Å². The van der Waals surface area contributed by atoms with E-state index < -0.39 is 0 Å². The fraction of sp³-hybridized carbons (Fsp3) is 0.571. The Kier molecular flexibility index (Phi) is 2.49. The average Bonchev–Trinajstić information content (AvgIpc) is 3.07. The van der Waals surface area contributed by atoms with Crippen LogP contribution >= 0.6 is 0 Å². The van der Waals surface area contributed by atoms with E-state index in [1.165, 1.54) is 38.5 Å². The van der Waals surface area contributed by atoms with Gasteiger partial charge in [0.1, 0.15) is 0 Å². The summed E-state index contributed by atoms with van der Waals surface area (Å²) in [6.07, 6.45) is 8.11. The van der Waals surface area contributed by atoms with Gasteiger partial charge in [-0.25, -0.2) is 0 Å². The van der Waals surface area contributed by atoms with Crippen molar-refractivity contribution in [2.75, 3.05) is 0 Å². The first-order valence-corrected chi connectivity index (χ1v) is 6.27. The van der Waals surface area contributed by atoms with Crippen LogP contribution in [0.15, 0.2) is 24.3 Å². The minimum atomic E-state index is 0.635.